The van der Waals surface area contributed by atoms with E-state index < -0.39 is 11.0 Å². The summed E-state index contributed by atoms with van der Waals surface area (Å²) < 4.78 is 10.4. The van der Waals surface area contributed by atoms with E-state index in [1.807, 2.05) is 0 Å². The number of fused-ring (bicyclic) bond motifs is 1. The summed E-state index contributed by atoms with van der Waals surface area (Å²) in [5, 5.41) is 15.8. The maximum Gasteiger partial charge on any atom is 0.323 e. The maximum absolute atomic E-state index is 11.9. The zero-order valence-corrected chi connectivity index (χ0v) is 11.2. The van der Waals surface area contributed by atoms with Gasteiger partial charge in [0.25, 0.3) is 5.69 Å². The van der Waals surface area contributed by atoms with Gasteiger partial charge in [-0.3, -0.25) is 10.1 Å². The number of nitrogens with one attached hydrogen (secondary N) is 2. The fourth-order valence-corrected chi connectivity index (χ4v) is 1.96. The van der Waals surface area contributed by atoms with Gasteiger partial charge >= 0.3 is 6.03 Å². The van der Waals surface area contributed by atoms with E-state index in [2.05, 4.69) is 10.6 Å². The fraction of sp³-hybridized carbons (Fsp3) is 0.0714. The molecule has 0 saturated carbocycles. The van der Waals surface area contributed by atoms with Gasteiger partial charge in [-0.15, -0.1) is 0 Å². The second-order valence-corrected chi connectivity index (χ2v) is 4.45. The quantitative estimate of drug-likeness (QED) is 0.670. The van der Waals surface area contributed by atoms with Gasteiger partial charge in [0.05, 0.1) is 4.92 Å². The molecule has 0 bridgehead atoms. The first-order chi connectivity index (χ1) is 10.6. The number of non-ortho nitro benzene ring substituents is 1. The highest BCUT2D eigenvalue weighted by atomic mass is 16.7. The number of hydrogen-bond donors (Lipinski definition) is 2. The number of rotatable bonds is 3. The molecule has 22 heavy (non-hydrogen) atoms. The predicted octanol–water partition coefficient (Wildman–Crippen LogP) is 2.97. The minimum Gasteiger partial charge on any atom is -0.454 e. The van der Waals surface area contributed by atoms with E-state index in [0.717, 1.165) is 0 Å². The van der Waals surface area contributed by atoms with Gasteiger partial charge in [0.15, 0.2) is 11.5 Å². The molecule has 1 aliphatic heterocycles. The number of urea groups is 1. The number of anilines is 2. The smallest absolute Gasteiger partial charge is 0.323 e. The van der Waals surface area contributed by atoms with Crippen molar-refractivity contribution in [1.82, 2.24) is 0 Å². The Labute approximate surface area is 124 Å². The van der Waals surface area contributed by atoms with E-state index in [0.29, 0.717) is 22.9 Å². The van der Waals surface area contributed by atoms with Crippen LogP contribution in [0.25, 0.3) is 0 Å². The lowest BCUT2D eigenvalue weighted by Crippen LogP contribution is -2.19. The van der Waals surface area contributed by atoms with Gasteiger partial charge in [0.2, 0.25) is 6.79 Å². The maximum atomic E-state index is 11.9. The lowest BCUT2D eigenvalue weighted by atomic mass is 10.2. The van der Waals surface area contributed by atoms with Crippen LogP contribution < -0.4 is 20.1 Å². The summed E-state index contributed by atoms with van der Waals surface area (Å²) in [5.41, 5.74) is 0.750. The molecule has 0 saturated heterocycles. The number of nitrogens with zero attached hydrogens (tertiary/aromatic N) is 1. The zero-order valence-electron chi connectivity index (χ0n) is 11.2. The minimum absolute atomic E-state index is 0.0964. The van der Waals surface area contributed by atoms with Crippen LogP contribution in [-0.4, -0.2) is 17.7 Å². The lowest BCUT2D eigenvalue weighted by molar-refractivity contribution is -0.384. The Balaban J connectivity index is 1.67. The molecule has 8 heteroatoms. The number of carbonyl (C=O) groups excluding carboxylic acids is 1. The Morgan fingerprint density at radius 2 is 1.77 bits per heavy atom. The Morgan fingerprint density at radius 1 is 1.05 bits per heavy atom. The van der Waals surface area contributed by atoms with Crippen molar-refractivity contribution in [3.8, 4) is 11.5 Å². The molecule has 1 aliphatic rings. The van der Waals surface area contributed by atoms with E-state index in [1.54, 1.807) is 24.3 Å². The van der Waals surface area contributed by atoms with Crippen LogP contribution in [0.15, 0.2) is 42.5 Å². The summed E-state index contributed by atoms with van der Waals surface area (Å²) in [6, 6.07) is 10.2. The number of carbonyl (C=O) groups is 1. The van der Waals surface area contributed by atoms with Gasteiger partial charge in [0.1, 0.15) is 0 Å². The van der Waals surface area contributed by atoms with Crippen molar-refractivity contribution < 1.29 is 19.2 Å². The molecule has 112 valence electrons. The molecule has 0 aromatic heterocycles. The largest absolute Gasteiger partial charge is 0.454 e. The third-order valence-corrected chi connectivity index (χ3v) is 2.95. The van der Waals surface area contributed by atoms with Crippen molar-refractivity contribution in [3.63, 3.8) is 0 Å². The van der Waals surface area contributed by atoms with Gasteiger partial charge < -0.3 is 20.1 Å². The summed E-state index contributed by atoms with van der Waals surface area (Å²) in [6.45, 7) is 0.151. The molecule has 1 heterocycles. The third-order valence-electron chi connectivity index (χ3n) is 2.95. The summed E-state index contributed by atoms with van der Waals surface area (Å²) >= 11 is 0. The molecule has 2 amide bonds. The second kappa shape index (κ2) is 5.60. The van der Waals surface area contributed by atoms with E-state index in [4.69, 9.17) is 9.47 Å². The van der Waals surface area contributed by atoms with Crippen molar-refractivity contribution in [2.45, 2.75) is 0 Å². The average Bonchev–Trinajstić information content (AvgIpc) is 2.95. The van der Waals surface area contributed by atoms with Crippen molar-refractivity contribution in [1.29, 1.82) is 0 Å². The highest BCUT2D eigenvalue weighted by Gasteiger charge is 2.14. The number of ether oxygens (including phenoxy) is 2. The van der Waals surface area contributed by atoms with Crippen LogP contribution in [-0.2, 0) is 0 Å². The summed E-state index contributed by atoms with van der Waals surface area (Å²) in [7, 11) is 0. The Kier molecular flexibility index (Phi) is 3.48. The molecular weight excluding hydrogens is 290 g/mol. The minimum atomic E-state index is -0.527. The first-order valence-electron chi connectivity index (χ1n) is 6.34. The molecule has 2 aromatic carbocycles. The van der Waals surface area contributed by atoms with E-state index >= 15 is 0 Å². The van der Waals surface area contributed by atoms with Gasteiger partial charge in [-0.1, -0.05) is 6.07 Å². The molecule has 0 radical (unpaired) electrons. The van der Waals surface area contributed by atoms with Crippen LogP contribution in [0.5, 0.6) is 11.5 Å². The number of benzene rings is 2. The van der Waals surface area contributed by atoms with Crippen LogP contribution in [0.1, 0.15) is 0 Å². The fourth-order valence-electron chi connectivity index (χ4n) is 1.96. The third kappa shape index (κ3) is 2.90. The Morgan fingerprint density at radius 3 is 2.55 bits per heavy atom. The summed E-state index contributed by atoms with van der Waals surface area (Å²) in [6.07, 6.45) is 0. The second-order valence-electron chi connectivity index (χ2n) is 4.45. The van der Waals surface area contributed by atoms with Crippen molar-refractivity contribution in [3.05, 3.63) is 52.6 Å². The molecule has 3 rings (SSSR count). The van der Waals surface area contributed by atoms with Gasteiger partial charge in [-0.05, 0) is 18.2 Å². The van der Waals surface area contributed by atoms with Crippen LogP contribution in [0, 0.1) is 10.1 Å². The number of hydrogen-bond acceptors (Lipinski definition) is 5. The van der Waals surface area contributed by atoms with Gasteiger partial charge in [-0.25, -0.2) is 4.79 Å². The normalized spacial score (nSPS) is 11.8. The number of nitro groups is 1. The predicted molar refractivity (Wildman–Crippen MR) is 78.3 cm³/mol. The monoisotopic (exact) mass is 301 g/mol. The summed E-state index contributed by atoms with van der Waals surface area (Å²) in [5.74, 6) is 1.16. The molecule has 8 nitrogen and oxygen atoms in total. The van der Waals surface area contributed by atoms with Crippen molar-refractivity contribution >= 4 is 23.1 Å². The number of nitro benzene ring substituents is 1. The molecule has 0 aliphatic carbocycles. The molecule has 2 aromatic rings. The van der Waals surface area contributed by atoms with Crippen LogP contribution >= 0.6 is 0 Å². The van der Waals surface area contributed by atoms with Gasteiger partial charge in [0, 0.05) is 29.6 Å². The van der Waals surface area contributed by atoms with E-state index in [9.17, 15) is 14.9 Å². The highest BCUT2D eigenvalue weighted by molar-refractivity contribution is 6.00. The van der Waals surface area contributed by atoms with Crippen LogP contribution in [0.2, 0.25) is 0 Å². The van der Waals surface area contributed by atoms with Crippen LogP contribution in [0.3, 0.4) is 0 Å². The molecule has 0 atom stereocenters. The van der Waals surface area contributed by atoms with Crippen molar-refractivity contribution in [2.75, 3.05) is 17.4 Å². The topological polar surface area (TPSA) is 103 Å². The molecule has 0 spiro atoms. The molecule has 0 fully saturated rings. The summed E-state index contributed by atoms with van der Waals surface area (Å²) in [4.78, 5) is 22.1. The van der Waals surface area contributed by atoms with Crippen LogP contribution in [0.4, 0.5) is 21.9 Å². The Bertz CT molecular complexity index is 747. The molecular formula is C14H11N3O5. The number of amides is 2. The van der Waals surface area contributed by atoms with E-state index in [1.165, 1.54) is 18.2 Å². The molecule has 0 unspecified atom stereocenters. The first-order valence-corrected chi connectivity index (χ1v) is 6.34. The first kappa shape index (κ1) is 13.7. The van der Waals surface area contributed by atoms with E-state index in [-0.39, 0.29) is 12.5 Å². The lowest BCUT2D eigenvalue weighted by Gasteiger charge is -2.08. The highest BCUT2D eigenvalue weighted by Crippen LogP contribution is 2.34. The van der Waals surface area contributed by atoms with Crippen molar-refractivity contribution in [2.24, 2.45) is 0 Å². The zero-order chi connectivity index (χ0) is 15.5. The average molecular weight is 301 g/mol. The SMILES string of the molecule is O=C(Nc1cccc([N+](=O)[O-])c1)Nc1ccc2c(c1)OCO2. The molecule has 2 N–H and O–H groups in total. The van der Waals surface area contributed by atoms with Gasteiger partial charge in [-0.2, -0.15) is 0 Å². The Hall–Kier alpha value is -3.29. The standard InChI is InChI=1S/C14H11N3O5/c18-14(15-9-2-1-3-11(6-9)17(19)20)16-10-4-5-12-13(7-10)22-8-21-12/h1-7H,8H2,(H2,15,16,18).